The summed E-state index contributed by atoms with van der Waals surface area (Å²) >= 11 is 0. The average Bonchev–Trinajstić information content (AvgIpc) is 2.70. The summed E-state index contributed by atoms with van der Waals surface area (Å²) in [5.41, 5.74) is 0. The van der Waals surface area contributed by atoms with Crippen molar-refractivity contribution in [1.82, 2.24) is 5.32 Å². The highest BCUT2D eigenvalue weighted by Gasteiger charge is 2.49. The van der Waals surface area contributed by atoms with Gasteiger partial charge in [0.15, 0.2) is 0 Å². The summed E-state index contributed by atoms with van der Waals surface area (Å²) in [6.45, 7) is 11.6. The van der Waals surface area contributed by atoms with Crippen molar-refractivity contribution in [3.8, 4) is 0 Å². The van der Waals surface area contributed by atoms with Gasteiger partial charge < -0.3 is 14.8 Å². The Morgan fingerprint density at radius 3 is 1.97 bits per heavy atom. The van der Waals surface area contributed by atoms with Gasteiger partial charge in [-0.05, 0) is 34.2 Å². The first-order chi connectivity index (χ1) is 14.7. The molecule has 0 saturated heterocycles. The summed E-state index contributed by atoms with van der Waals surface area (Å²) in [6, 6.07) is 21.0. The molecule has 168 valence electrons. The second-order valence-corrected chi connectivity index (χ2v) is 13.7. The van der Waals surface area contributed by atoms with Gasteiger partial charge in [-0.1, -0.05) is 107 Å². The highest BCUT2D eigenvalue weighted by molar-refractivity contribution is 6.99. The van der Waals surface area contributed by atoms with E-state index in [0.29, 0.717) is 12.5 Å². The standard InChI is InChI=1S/C26H37NO3Si/c1-21(2)20-22(27-25(28)29)14-12-13-19-30-31(26(3,4)5,23-15-8-6-9-16-23)24-17-10-7-11-18-24/h6-12,14-18,21-22,27H,13,19-20H2,1-5H3,(H,28,29)/b14-12+. The average molecular weight is 440 g/mol. The maximum Gasteiger partial charge on any atom is 0.405 e. The van der Waals surface area contributed by atoms with Gasteiger partial charge in [0.2, 0.25) is 0 Å². The molecule has 5 heteroatoms. The molecule has 0 aliphatic carbocycles. The minimum Gasteiger partial charge on any atom is -0.465 e. The van der Waals surface area contributed by atoms with Gasteiger partial charge in [0.05, 0.1) is 6.04 Å². The maximum atomic E-state index is 11.1. The molecule has 0 fully saturated rings. The second-order valence-electron chi connectivity index (χ2n) is 9.41. The van der Waals surface area contributed by atoms with Crippen LogP contribution in [0.1, 0.15) is 47.5 Å². The van der Waals surface area contributed by atoms with E-state index in [0.717, 1.165) is 12.8 Å². The molecular formula is C26H37NO3Si. The van der Waals surface area contributed by atoms with E-state index in [4.69, 9.17) is 9.53 Å². The first kappa shape index (κ1) is 24.9. The molecule has 4 nitrogen and oxygen atoms in total. The van der Waals surface area contributed by atoms with Crippen LogP contribution in [-0.2, 0) is 4.43 Å². The van der Waals surface area contributed by atoms with Gasteiger partial charge in [0.1, 0.15) is 0 Å². The Morgan fingerprint density at radius 1 is 1.03 bits per heavy atom. The van der Waals surface area contributed by atoms with E-state index < -0.39 is 14.4 Å². The molecule has 2 aromatic carbocycles. The van der Waals surface area contributed by atoms with Crippen LogP contribution in [0.15, 0.2) is 72.8 Å². The Bertz CT molecular complexity index is 789. The normalized spacial score (nSPS) is 13.5. The molecule has 1 atom stereocenters. The molecule has 2 N–H and O–H groups in total. The predicted molar refractivity (Wildman–Crippen MR) is 132 cm³/mol. The Labute approximate surface area is 188 Å². The molecule has 0 heterocycles. The van der Waals surface area contributed by atoms with Crippen molar-refractivity contribution in [1.29, 1.82) is 0 Å². The number of carbonyl (C=O) groups is 1. The quantitative estimate of drug-likeness (QED) is 0.304. The van der Waals surface area contributed by atoms with E-state index in [2.05, 4.69) is 88.5 Å². The van der Waals surface area contributed by atoms with Crippen molar-refractivity contribution in [2.45, 2.75) is 58.5 Å². The van der Waals surface area contributed by atoms with Gasteiger partial charge in [-0.2, -0.15) is 0 Å². The van der Waals surface area contributed by atoms with Crippen molar-refractivity contribution in [3.05, 3.63) is 72.8 Å². The van der Waals surface area contributed by atoms with Gasteiger partial charge in [-0.25, -0.2) is 4.79 Å². The Balaban J connectivity index is 2.24. The molecular weight excluding hydrogens is 402 g/mol. The van der Waals surface area contributed by atoms with Crippen LogP contribution in [0, 0.1) is 5.92 Å². The van der Waals surface area contributed by atoms with Crippen LogP contribution in [0.2, 0.25) is 5.04 Å². The number of amides is 1. The van der Waals surface area contributed by atoms with Crippen molar-refractivity contribution < 1.29 is 14.3 Å². The lowest BCUT2D eigenvalue weighted by Crippen LogP contribution is -2.66. The zero-order valence-corrected chi connectivity index (χ0v) is 20.5. The van der Waals surface area contributed by atoms with Crippen LogP contribution in [0.3, 0.4) is 0 Å². The third-order valence-corrected chi connectivity index (χ3v) is 10.5. The van der Waals surface area contributed by atoms with Crippen LogP contribution in [0.4, 0.5) is 4.79 Å². The summed E-state index contributed by atoms with van der Waals surface area (Å²) in [5, 5.41) is 14.2. The van der Waals surface area contributed by atoms with Crippen molar-refractivity contribution in [2.24, 2.45) is 5.92 Å². The van der Waals surface area contributed by atoms with E-state index >= 15 is 0 Å². The van der Waals surface area contributed by atoms with Crippen LogP contribution >= 0.6 is 0 Å². The third kappa shape index (κ3) is 6.81. The van der Waals surface area contributed by atoms with Crippen LogP contribution in [0.25, 0.3) is 0 Å². The maximum absolute atomic E-state index is 11.1. The zero-order valence-electron chi connectivity index (χ0n) is 19.5. The molecule has 2 aromatic rings. The van der Waals surface area contributed by atoms with Crippen molar-refractivity contribution in [3.63, 3.8) is 0 Å². The number of hydrogen-bond donors (Lipinski definition) is 2. The molecule has 0 aliphatic heterocycles. The van der Waals surface area contributed by atoms with Gasteiger partial charge in [0, 0.05) is 6.61 Å². The Hall–Kier alpha value is -2.37. The Kier molecular flexibility index (Phi) is 9.08. The fourth-order valence-corrected chi connectivity index (χ4v) is 8.73. The highest BCUT2D eigenvalue weighted by atomic mass is 28.4. The SMILES string of the molecule is CC(C)CC(/C=C/CCO[Si](c1ccccc1)(c1ccccc1)C(C)(C)C)NC(=O)O. The smallest absolute Gasteiger partial charge is 0.405 e. The fourth-order valence-electron chi connectivity index (χ4n) is 4.15. The van der Waals surface area contributed by atoms with Gasteiger partial charge in [0.25, 0.3) is 8.32 Å². The number of nitrogens with one attached hydrogen (secondary N) is 1. The largest absolute Gasteiger partial charge is 0.465 e. The van der Waals surface area contributed by atoms with E-state index in [1.54, 1.807) is 0 Å². The van der Waals surface area contributed by atoms with E-state index in [9.17, 15) is 4.79 Å². The topological polar surface area (TPSA) is 58.6 Å². The molecule has 0 aliphatic rings. The molecule has 0 aromatic heterocycles. The first-order valence-electron chi connectivity index (χ1n) is 11.1. The molecule has 0 radical (unpaired) electrons. The number of carboxylic acid groups (broad SMARTS) is 1. The lowest BCUT2D eigenvalue weighted by Gasteiger charge is -2.43. The molecule has 0 spiro atoms. The molecule has 0 saturated carbocycles. The van der Waals surface area contributed by atoms with Gasteiger partial charge in [-0.3, -0.25) is 0 Å². The van der Waals surface area contributed by atoms with Crippen LogP contribution in [0.5, 0.6) is 0 Å². The second kappa shape index (κ2) is 11.3. The summed E-state index contributed by atoms with van der Waals surface area (Å²) in [6.07, 6.45) is 4.53. The van der Waals surface area contributed by atoms with E-state index in [1.165, 1.54) is 10.4 Å². The van der Waals surface area contributed by atoms with Crippen molar-refractivity contribution in [2.75, 3.05) is 6.61 Å². The lowest BCUT2D eigenvalue weighted by atomic mass is 10.0. The third-order valence-electron chi connectivity index (χ3n) is 5.42. The van der Waals surface area contributed by atoms with Crippen LogP contribution < -0.4 is 15.7 Å². The molecule has 1 unspecified atom stereocenters. The van der Waals surface area contributed by atoms with Gasteiger partial charge in [-0.15, -0.1) is 0 Å². The predicted octanol–water partition coefficient (Wildman–Crippen LogP) is 5.19. The number of rotatable bonds is 10. The number of benzene rings is 2. The molecule has 31 heavy (non-hydrogen) atoms. The minimum atomic E-state index is -2.52. The summed E-state index contributed by atoms with van der Waals surface area (Å²) in [4.78, 5) is 11.1. The number of hydrogen-bond acceptors (Lipinski definition) is 2. The molecule has 0 bridgehead atoms. The monoisotopic (exact) mass is 439 g/mol. The van der Waals surface area contributed by atoms with Crippen LogP contribution in [-0.4, -0.2) is 32.2 Å². The van der Waals surface area contributed by atoms with Crippen molar-refractivity contribution >= 4 is 24.8 Å². The van der Waals surface area contributed by atoms with Gasteiger partial charge >= 0.3 is 6.09 Å². The van der Waals surface area contributed by atoms with E-state index in [-0.39, 0.29) is 11.1 Å². The fraction of sp³-hybridized carbons (Fsp3) is 0.423. The van der Waals surface area contributed by atoms with E-state index in [1.807, 2.05) is 24.3 Å². The summed E-state index contributed by atoms with van der Waals surface area (Å²) in [5.74, 6) is 0.412. The lowest BCUT2D eigenvalue weighted by molar-refractivity contribution is 0.190. The summed E-state index contributed by atoms with van der Waals surface area (Å²) < 4.78 is 6.86. The minimum absolute atomic E-state index is 0.0511. The first-order valence-corrected chi connectivity index (χ1v) is 13.0. The molecule has 1 amide bonds. The Morgan fingerprint density at radius 2 is 1.55 bits per heavy atom. The zero-order chi connectivity index (χ0) is 22.9. The molecule has 2 rings (SSSR count). The highest BCUT2D eigenvalue weighted by Crippen LogP contribution is 2.36. The summed E-state index contributed by atoms with van der Waals surface area (Å²) in [7, 11) is -2.52.